The normalized spacial score (nSPS) is 11.8. The summed E-state index contributed by atoms with van der Waals surface area (Å²) in [6.45, 7) is 1.54. The first-order valence-electron chi connectivity index (χ1n) is 6.04. The molecule has 0 atom stereocenters. The van der Waals surface area contributed by atoms with Gasteiger partial charge in [-0.05, 0) is 35.9 Å². The molecule has 0 bridgehead atoms. The Morgan fingerprint density at radius 3 is 2.84 bits per heavy atom. The van der Waals surface area contributed by atoms with Crippen molar-refractivity contribution in [2.45, 2.75) is 13.0 Å². The second-order valence-electron chi connectivity index (χ2n) is 4.44. The van der Waals surface area contributed by atoms with E-state index in [0.29, 0.717) is 6.42 Å². The van der Waals surface area contributed by atoms with E-state index in [1.807, 2.05) is 0 Å². The molecule has 0 amide bonds. The Morgan fingerprint density at radius 1 is 1.32 bits per heavy atom. The molecule has 0 aliphatic rings. The smallest absolute Gasteiger partial charge is 0.147 e. The van der Waals surface area contributed by atoms with Crippen LogP contribution in [0.15, 0.2) is 29.0 Å². The largest absolute Gasteiger partial charge is 0.312 e. The van der Waals surface area contributed by atoms with Gasteiger partial charge in [0.15, 0.2) is 0 Å². The Bertz CT molecular complexity index is 600. The van der Waals surface area contributed by atoms with Crippen LogP contribution < -0.4 is 5.32 Å². The molecule has 19 heavy (non-hydrogen) atoms. The van der Waals surface area contributed by atoms with E-state index < -0.39 is 9.84 Å². The lowest BCUT2D eigenvalue weighted by molar-refractivity contribution is 0.594. The highest BCUT2D eigenvalue weighted by Gasteiger charge is 2.04. The maximum atomic E-state index is 11.0. The van der Waals surface area contributed by atoms with Crippen LogP contribution >= 0.6 is 22.7 Å². The SMILES string of the molecule is CS(=O)(=O)CCCNCc1cc(-c2cccs2)cs1. The van der Waals surface area contributed by atoms with Crippen LogP contribution in [0.1, 0.15) is 11.3 Å². The Kier molecular flexibility index (Phi) is 5.15. The summed E-state index contributed by atoms with van der Waals surface area (Å²) < 4.78 is 21.9. The molecule has 104 valence electrons. The fraction of sp³-hybridized carbons (Fsp3) is 0.385. The molecule has 3 nitrogen and oxygen atoms in total. The molecule has 2 aromatic rings. The molecule has 1 N–H and O–H groups in total. The van der Waals surface area contributed by atoms with Gasteiger partial charge in [-0.2, -0.15) is 0 Å². The summed E-state index contributed by atoms with van der Waals surface area (Å²) in [5.74, 6) is 0.255. The number of hydrogen-bond acceptors (Lipinski definition) is 5. The van der Waals surface area contributed by atoms with Gasteiger partial charge in [0.2, 0.25) is 0 Å². The van der Waals surface area contributed by atoms with Gasteiger partial charge in [-0.1, -0.05) is 6.07 Å². The van der Waals surface area contributed by atoms with E-state index in [1.54, 1.807) is 22.7 Å². The van der Waals surface area contributed by atoms with E-state index in [0.717, 1.165) is 13.1 Å². The minimum absolute atomic E-state index is 0.255. The molecule has 0 fully saturated rings. The van der Waals surface area contributed by atoms with Crippen molar-refractivity contribution >= 4 is 32.5 Å². The highest BCUT2D eigenvalue weighted by atomic mass is 32.2. The predicted octanol–water partition coefficient (Wildman–Crippen LogP) is 3.00. The summed E-state index contributed by atoms with van der Waals surface area (Å²) in [6.07, 6.45) is 1.95. The van der Waals surface area contributed by atoms with Gasteiger partial charge in [-0.15, -0.1) is 22.7 Å². The molecule has 0 aliphatic carbocycles. The van der Waals surface area contributed by atoms with Crippen LogP contribution in [0.2, 0.25) is 0 Å². The fourth-order valence-corrected chi connectivity index (χ4v) is 4.03. The minimum Gasteiger partial charge on any atom is -0.312 e. The molecule has 2 heterocycles. The van der Waals surface area contributed by atoms with Gasteiger partial charge < -0.3 is 5.32 Å². The first-order chi connectivity index (χ1) is 9.04. The van der Waals surface area contributed by atoms with E-state index in [4.69, 9.17) is 0 Å². The first-order valence-corrected chi connectivity index (χ1v) is 9.86. The number of nitrogens with one attached hydrogen (secondary N) is 1. The third-order valence-corrected chi connectivity index (χ3v) is 5.51. The molecule has 0 saturated carbocycles. The first kappa shape index (κ1) is 14.7. The van der Waals surface area contributed by atoms with E-state index >= 15 is 0 Å². The molecule has 2 aromatic heterocycles. The zero-order valence-corrected chi connectivity index (χ0v) is 13.2. The van der Waals surface area contributed by atoms with Crippen LogP contribution in [0.5, 0.6) is 0 Å². The van der Waals surface area contributed by atoms with Crippen molar-refractivity contribution in [3.8, 4) is 10.4 Å². The molecular formula is C13H17NO2S3. The van der Waals surface area contributed by atoms with E-state index in [9.17, 15) is 8.42 Å². The number of sulfone groups is 1. The minimum atomic E-state index is -2.83. The summed E-state index contributed by atoms with van der Waals surface area (Å²) in [6, 6.07) is 6.37. The zero-order valence-electron chi connectivity index (χ0n) is 10.8. The van der Waals surface area contributed by atoms with Gasteiger partial charge in [0.25, 0.3) is 0 Å². The molecule has 2 rings (SSSR count). The average molecular weight is 315 g/mol. The lowest BCUT2D eigenvalue weighted by Gasteiger charge is -2.01. The Morgan fingerprint density at radius 2 is 2.16 bits per heavy atom. The summed E-state index contributed by atoms with van der Waals surface area (Å²) in [4.78, 5) is 2.57. The Labute approximate surface area is 122 Å². The van der Waals surface area contributed by atoms with Crippen molar-refractivity contribution in [1.29, 1.82) is 0 Å². The molecular weight excluding hydrogens is 298 g/mol. The maximum absolute atomic E-state index is 11.0. The topological polar surface area (TPSA) is 46.2 Å². The molecule has 0 saturated heterocycles. The monoisotopic (exact) mass is 315 g/mol. The van der Waals surface area contributed by atoms with E-state index in [-0.39, 0.29) is 5.75 Å². The standard InChI is InChI=1S/C13H17NO2S3/c1-19(15,16)7-3-5-14-9-12-8-11(10-18-12)13-4-2-6-17-13/h2,4,6,8,10,14H,3,5,7,9H2,1H3. The van der Waals surface area contributed by atoms with Crippen molar-refractivity contribution in [2.75, 3.05) is 18.6 Å². The maximum Gasteiger partial charge on any atom is 0.147 e. The third-order valence-electron chi connectivity index (χ3n) is 2.63. The van der Waals surface area contributed by atoms with Crippen LogP contribution in [0.4, 0.5) is 0 Å². The highest BCUT2D eigenvalue weighted by molar-refractivity contribution is 7.90. The quantitative estimate of drug-likeness (QED) is 0.799. The molecule has 0 radical (unpaired) electrons. The van der Waals surface area contributed by atoms with Crippen LogP contribution in [0.25, 0.3) is 10.4 Å². The van der Waals surface area contributed by atoms with Gasteiger partial charge in [-0.25, -0.2) is 8.42 Å². The van der Waals surface area contributed by atoms with E-state index in [2.05, 4.69) is 34.3 Å². The molecule has 0 aliphatic heterocycles. The van der Waals surface area contributed by atoms with Gasteiger partial charge in [-0.3, -0.25) is 0 Å². The highest BCUT2D eigenvalue weighted by Crippen LogP contribution is 2.29. The summed E-state index contributed by atoms with van der Waals surface area (Å²) in [5.41, 5.74) is 1.27. The summed E-state index contributed by atoms with van der Waals surface area (Å²) in [7, 11) is -2.83. The van der Waals surface area contributed by atoms with Gasteiger partial charge >= 0.3 is 0 Å². The van der Waals surface area contributed by atoms with Crippen LogP contribution in [-0.2, 0) is 16.4 Å². The molecule has 6 heteroatoms. The van der Waals surface area contributed by atoms with Crippen molar-refractivity contribution in [3.05, 3.63) is 33.8 Å². The number of hydrogen-bond donors (Lipinski definition) is 1. The number of rotatable bonds is 7. The molecule has 0 aromatic carbocycles. The summed E-state index contributed by atoms with van der Waals surface area (Å²) in [5, 5.41) is 7.53. The lowest BCUT2D eigenvalue weighted by atomic mass is 10.2. The third kappa shape index (κ3) is 5.06. The van der Waals surface area contributed by atoms with Crippen molar-refractivity contribution in [1.82, 2.24) is 5.32 Å². The molecule has 0 spiro atoms. The van der Waals surface area contributed by atoms with Crippen molar-refractivity contribution < 1.29 is 8.42 Å². The lowest BCUT2D eigenvalue weighted by Crippen LogP contribution is -2.17. The molecule has 0 unspecified atom stereocenters. The van der Waals surface area contributed by atoms with Crippen LogP contribution in [-0.4, -0.2) is 27.0 Å². The second-order valence-corrected chi connectivity index (χ2v) is 8.64. The van der Waals surface area contributed by atoms with Gasteiger partial charge in [0.1, 0.15) is 9.84 Å². The van der Waals surface area contributed by atoms with Crippen molar-refractivity contribution in [3.63, 3.8) is 0 Å². The average Bonchev–Trinajstić information content (AvgIpc) is 2.97. The van der Waals surface area contributed by atoms with Crippen LogP contribution in [0.3, 0.4) is 0 Å². The van der Waals surface area contributed by atoms with Crippen molar-refractivity contribution in [2.24, 2.45) is 0 Å². The second kappa shape index (κ2) is 6.65. The van der Waals surface area contributed by atoms with E-state index in [1.165, 1.54) is 21.6 Å². The number of thiophene rings is 2. The fourth-order valence-electron chi connectivity index (χ4n) is 1.72. The predicted molar refractivity (Wildman–Crippen MR) is 83.7 cm³/mol. The van der Waals surface area contributed by atoms with Gasteiger partial charge in [0.05, 0.1) is 5.75 Å². The summed E-state index contributed by atoms with van der Waals surface area (Å²) >= 11 is 3.48. The Balaban J connectivity index is 1.75. The zero-order chi connectivity index (χ0) is 13.7. The van der Waals surface area contributed by atoms with Gasteiger partial charge in [0, 0.05) is 28.1 Å². The van der Waals surface area contributed by atoms with Crippen LogP contribution in [0, 0.1) is 0 Å². The Hall–Kier alpha value is -0.690.